The Morgan fingerprint density at radius 2 is 1.80 bits per heavy atom. The minimum Gasteiger partial charge on any atom is -0.476 e. The van der Waals surface area contributed by atoms with E-state index in [2.05, 4.69) is 15.2 Å². The number of aromatic nitrogens is 3. The smallest absolute Gasteiger partial charge is 0.243 e. The highest BCUT2D eigenvalue weighted by Gasteiger charge is 2.29. The van der Waals surface area contributed by atoms with E-state index in [0.29, 0.717) is 37.2 Å². The predicted molar refractivity (Wildman–Crippen MR) is 110 cm³/mol. The quantitative estimate of drug-likeness (QED) is 0.594. The average Bonchev–Trinajstić information content (AvgIpc) is 3.20. The van der Waals surface area contributed by atoms with Gasteiger partial charge in [0.15, 0.2) is 5.89 Å². The first-order chi connectivity index (χ1) is 14.4. The van der Waals surface area contributed by atoms with Crippen molar-refractivity contribution in [3.8, 4) is 17.1 Å². The minimum atomic E-state index is -3.52. The number of rotatable bonds is 6. The SMILES string of the molecule is Cc1ccc(OCC2CCN(S(=O)(=O)c3ccc(-c4coc(C)n4)cc3)CC2)nn1. The van der Waals surface area contributed by atoms with E-state index in [1.807, 2.05) is 13.0 Å². The second-order valence-electron chi connectivity index (χ2n) is 7.45. The lowest BCUT2D eigenvalue weighted by molar-refractivity contribution is 0.180. The summed E-state index contributed by atoms with van der Waals surface area (Å²) in [6.45, 7) is 5.10. The van der Waals surface area contributed by atoms with Crippen LogP contribution in [0.25, 0.3) is 11.3 Å². The predicted octanol–water partition coefficient (Wildman–Crippen LogP) is 3.23. The van der Waals surface area contributed by atoms with Crippen LogP contribution in [-0.4, -0.2) is 47.6 Å². The summed E-state index contributed by atoms with van der Waals surface area (Å²) in [7, 11) is -3.52. The molecule has 0 unspecified atom stereocenters. The van der Waals surface area contributed by atoms with Crippen molar-refractivity contribution in [3.05, 3.63) is 54.2 Å². The highest BCUT2D eigenvalue weighted by atomic mass is 32.2. The van der Waals surface area contributed by atoms with Crippen LogP contribution < -0.4 is 4.74 Å². The molecule has 0 atom stereocenters. The van der Waals surface area contributed by atoms with E-state index >= 15 is 0 Å². The third-order valence-electron chi connectivity index (χ3n) is 5.22. The summed E-state index contributed by atoms with van der Waals surface area (Å²) in [6.07, 6.45) is 3.05. The summed E-state index contributed by atoms with van der Waals surface area (Å²) < 4.78 is 38.5. The summed E-state index contributed by atoms with van der Waals surface area (Å²) in [5, 5.41) is 7.97. The molecule has 0 aliphatic carbocycles. The Labute approximate surface area is 176 Å². The number of benzene rings is 1. The fourth-order valence-corrected chi connectivity index (χ4v) is 4.90. The van der Waals surface area contributed by atoms with Gasteiger partial charge < -0.3 is 9.15 Å². The summed E-state index contributed by atoms with van der Waals surface area (Å²) in [4.78, 5) is 4.56. The van der Waals surface area contributed by atoms with E-state index in [1.54, 1.807) is 47.8 Å². The summed E-state index contributed by atoms with van der Waals surface area (Å²) >= 11 is 0. The van der Waals surface area contributed by atoms with Gasteiger partial charge in [0.1, 0.15) is 12.0 Å². The number of sulfonamides is 1. The number of oxazole rings is 1. The van der Waals surface area contributed by atoms with Crippen LogP contribution in [0.2, 0.25) is 0 Å². The fourth-order valence-electron chi connectivity index (χ4n) is 3.43. The lowest BCUT2D eigenvalue weighted by Gasteiger charge is -2.31. The van der Waals surface area contributed by atoms with E-state index in [1.165, 1.54) is 0 Å². The van der Waals surface area contributed by atoms with Crippen molar-refractivity contribution in [2.75, 3.05) is 19.7 Å². The van der Waals surface area contributed by atoms with Crippen LogP contribution in [0.4, 0.5) is 0 Å². The van der Waals surface area contributed by atoms with Gasteiger partial charge in [-0.05, 0) is 43.9 Å². The molecular formula is C21H24N4O4S. The van der Waals surface area contributed by atoms with Crippen molar-refractivity contribution >= 4 is 10.0 Å². The molecule has 4 rings (SSSR count). The van der Waals surface area contributed by atoms with Gasteiger partial charge in [0.05, 0.1) is 17.2 Å². The van der Waals surface area contributed by atoms with Crippen molar-refractivity contribution in [2.45, 2.75) is 31.6 Å². The number of ether oxygens (including phenoxy) is 1. The molecule has 0 radical (unpaired) electrons. The van der Waals surface area contributed by atoms with E-state index in [9.17, 15) is 8.42 Å². The van der Waals surface area contributed by atoms with Crippen LogP contribution >= 0.6 is 0 Å². The molecule has 0 saturated carbocycles. The molecule has 158 valence electrons. The zero-order chi connectivity index (χ0) is 21.1. The molecule has 0 amide bonds. The first-order valence-corrected chi connectivity index (χ1v) is 11.3. The monoisotopic (exact) mass is 428 g/mol. The van der Waals surface area contributed by atoms with Crippen LogP contribution in [-0.2, 0) is 10.0 Å². The minimum absolute atomic E-state index is 0.288. The summed E-state index contributed by atoms with van der Waals surface area (Å²) in [5.41, 5.74) is 2.35. The van der Waals surface area contributed by atoms with Gasteiger partial charge in [-0.2, -0.15) is 9.40 Å². The zero-order valence-electron chi connectivity index (χ0n) is 17.0. The van der Waals surface area contributed by atoms with E-state index in [-0.39, 0.29) is 10.8 Å². The van der Waals surface area contributed by atoms with Crippen LogP contribution in [0.15, 0.2) is 52.0 Å². The Morgan fingerprint density at radius 3 is 2.40 bits per heavy atom. The molecule has 0 spiro atoms. The van der Waals surface area contributed by atoms with Gasteiger partial charge in [-0.25, -0.2) is 13.4 Å². The molecule has 1 fully saturated rings. The van der Waals surface area contributed by atoms with Gasteiger partial charge >= 0.3 is 0 Å². The molecule has 1 aromatic carbocycles. The number of hydrogen-bond acceptors (Lipinski definition) is 7. The topological polar surface area (TPSA) is 98.4 Å². The Hall–Kier alpha value is -2.78. The third-order valence-corrected chi connectivity index (χ3v) is 7.13. The van der Waals surface area contributed by atoms with Crippen molar-refractivity contribution in [1.29, 1.82) is 0 Å². The first-order valence-electron chi connectivity index (χ1n) is 9.88. The van der Waals surface area contributed by atoms with Crippen molar-refractivity contribution in [1.82, 2.24) is 19.5 Å². The fraction of sp³-hybridized carbons (Fsp3) is 0.381. The van der Waals surface area contributed by atoms with Gasteiger partial charge in [0, 0.05) is 31.6 Å². The maximum Gasteiger partial charge on any atom is 0.243 e. The average molecular weight is 429 g/mol. The third kappa shape index (κ3) is 4.52. The Morgan fingerprint density at radius 1 is 1.07 bits per heavy atom. The number of nitrogens with zero attached hydrogens (tertiary/aromatic N) is 4. The second kappa shape index (κ2) is 8.53. The highest BCUT2D eigenvalue weighted by molar-refractivity contribution is 7.89. The second-order valence-corrected chi connectivity index (χ2v) is 9.39. The van der Waals surface area contributed by atoms with Gasteiger partial charge in [-0.1, -0.05) is 12.1 Å². The van der Waals surface area contributed by atoms with Crippen molar-refractivity contribution < 1.29 is 17.6 Å². The van der Waals surface area contributed by atoms with Gasteiger partial charge in [0.25, 0.3) is 0 Å². The summed E-state index contributed by atoms with van der Waals surface area (Å²) in [5.74, 6) is 1.36. The van der Waals surface area contributed by atoms with E-state index < -0.39 is 10.0 Å². The molecule has 30 heavy (non-hydrogen) atoms. The largest absolute Gasteiger partial charge is 0.476 e. The molecule has 2 aromatic heterocycles. The maximum absolute atomic E-state index is 13.0. The molecule has 0 N–H and O–H groups in total. The first kappa shape index (κ1) is 20.5. The Balaban J connectivity index is 1.34. The molecule has 3 aromatic rings. The van der Waals surface area contributed by atoms with Crippen LogP contribution in [0.1, 0.15) is 24.4 Å². The van der Waals surface area contributed by atoms with Crippen LogP contribution in [0.5, 0.6) is 5.88 Å². The van der Waals surface area contributed by atoms with E-state index in [0.717, 1.165) is 24.1 Å². The molecule has 1 saturated heterocycles. The highest BCUT2D eigenvalue weighted by Crippen LogP contribution is 2.26. The Bertz CT molecular complexity index is 1090. The van der Waals surface area contributed by atoms with Gasteiger partial charge in [-0.15, -0.1) is 5.10 Å². The molecular weight excluding hydrogens is 404 g/mol. The standard InChI is InChI=1S/C21H24N4O4S/c1-15-3-8-21(24-23-15)29-13-17-9-11-25(12-10-17)30(26,27)19-6-4-18(5-7-19)20-14-28-16(2)22-20/h3-8,14,17H,9-13H2,1-2H3. The normalized spacial score (nSPS) is 15.9. The van der Waals surface area contributed by atoms with Gasteiger partial charge in [-0.3, -0.25) is 0 Å². The maximum atomic E-state index is 13.0. The van der Waals surface area contributed by atoms with Crippen LogP contribution in [0.3, 0.4) is 0 Å². The lowest BCUT2D eigenvalue weighted by atomic mass is 9.99. The Kier molecular flexibility index (Phi) is 5.83. The molecule has 1 aliphatic rings. The molecule has 3 heterocycles. The zero-order valence-corrected chi connectivity index (χ0v) is 17.8. The van der Waals surface area contributed by atoms with E-state index in [4.69, 9.17) is 9.15 Å². The molecule has 1 aliphatic heterocycles. The number of hydrogen-bond donors (Lipinski definition) is 0. The van der Waals surface area contributed by atoms with Crippen molar-refractivity contribution in [3.63, 3.8) is 0 Å². The number of aryl methyl sites for hydroxylation is 2. The number of piperidine rings is 1. The van der Waals surface area contributed by atoms with Crippen LogP contribution in [0, 0.1) is 19.8 Å². The molecule has 0 bridgehead atoms. The summed E-state index contributed by atoms with van der Waals surface area (Å²) in [6, 6.07) is 10.4. The van der Waals surface area contributed by atoms with Gasteiger partial charge in [0.2, 0.25) is 15.9 Å². The molecule has 9 heteroatoms. The van der Waals surface area contributed by atoms with Crippen molar-refractivity contribution in [2.24, 2.45) is 5.92 Å². The molecule has 8 nitrogen and oxygen atoms in total. The lowest BCUT2D eigenvalue weighted by Crippen LogP contribution is -2.39.